The summed E-state index contributed by atoms with van der Waals surface area (Å²) in [7, 11) is 1.50. The van der Waals surface area contributed by atoms with Crippen molar-refractivity contribution in [2.24, 2.45) is 0 Å². The van der Waals surface area contributed by atoms with Crippen molar-refractivity contribution in [2.45, 2.75) is 38.0 Å². The third-order valence-electron chi connectivity index (χ3n) is 3.50. The van der Waals surface area contributed by atoms with E-state index in [1.54, 1.807) is 12.1 Å². The molecule has 118 valence electrons. The number of alkyl halides is 3. The summed E-state index contributed by atoms with van der Waals surface area (Å²) in [5.74, 6) is 1.06. The van der Waals surface area contributed by atoms with Gasteiger partial charge in [0.15, 0.2) is 11.5 Å². The monoisotopic (exact) mass is 367 g/mol. The Bertz CT molecular complexity index is 516. The number of hydrogen-bond donors (Lipinski definition) is 1. The maximum atomic E-state index is 12.9. The van der Waals surface area contributed by atoms with Crippen LogP contribution >= 0.6 is 15.9 Å². The average Bonchev–Trinajstić information content (AvgIpc) is 3.19. The van der Waals surface area contributed by atoms with Crippen LogP contribution in [0.4, 0.5) is 13.2 Å². The van der Waals surface area contributed by atoms with E-state index in [1.807, 2.05) is 6.92 Å². The Morgan fingerprint density at radius 3 is 2.48 bits per heavy atom. The van der Waals surface area contributed by atoms with Crippen LogP contribution < -0.4 is 14.8 Å². The number of hydrogen-bond acceptors (Lipinski definition) is 3. The molecule has 0 amide bonds. The van der Waals surface area contributed by atoms with Crippen molar-refractivity contribution in [3.05, 3.63) is 22.2 Å². The van der Waals surface area contributed by atoms with Crippen molar-refractivity contribution in [1.82, 2.24) is 5.32 Å². The first-order chi connectivity index (χ1) is 9.83. The molecule has 0 heterocycles. The smallest absolute Gasteiger partial charge is 0.406 e. The van der Waals surface area contributed by atoms with Crippen molar-refractivity contribution in [3.63, 3.8) is 0 Å². The van der Waals surface area contributed by atoms with Crippen molar-refractivity contribution in [1.29, 1.82) is 0 Å². The normalized spacial score (nSPS) is 16.7. The van der Waals surface area contributed by atoms with Gasteiger partial charge in [-0.05, 0) is 53.4 Å². The Balaban J connectivity index is 2.13. The molecule has 1 saturated carbocycles. The summed E-state index contributed by atoms with van der Waals surface area (Å²) < 4.78 is 50.0. The molecule has 0 spiro atoms. The van der Waals surface area contributed by atoms with Gasteiger partial charge < -0.3 is 9.47 Å². The van der Waals surface area contributed by atoms with Gasteiger partial charge in [0.1, 0.15) is 5.54 Å². The molecule has 0 saturated heterocycles. The second kappa shape index (κ2) is 6.04. The van der Waals surface area contributed by atoms with E-state index < -0.39 is 11.7 Å². The van der Waals surface area contributed by atoms with Gasteiger partial charge in [0.2, 0.25) is 0 Å². The fourth-order valence-corrected chi connectivity index (χ4v) is 2.72. The highest BCUT2D eigenvalue weighted by Gasteiger charge is 2.62. The topological polar surface area (TPSA) is 30.5 Å². The lowest BCUT2D eigenvalue weighted by Crippen LogP contribution is -2.44. The quantitative estimate of drug-likeness (QED) is 0.822. The Morgan fingerprint density at radius 1 is 1.33 bits per heavy atom. The summed E-state index contributed by atoms with van der Waals surface area (Å²) >= 11 is 3.36. The third-order valence-corrected chi connectivity index (χ3v) is 4.09. The number of nitrogens with one attached hydrogen (secondary N) is 1. The molecule has 1 N–H and O–H groups in total. The van der Waals surface area contributed by atoms with Gasteiger partial charge in [-0.15, -0.1) is 0 Å². The van der Waals surface area contributed by atoms with E-state index in [0.717, 1.165) is 0 Å². The molecular formula is C14H17BrF3NO2. The van der Waals surface area contributed by atoms with E-state index in [9.17, 15) is 13.2 Å². The summed E-state index contributed by atoms with van der Waals surface area (Å²) in [4.78, 5) is 0. The van der Waals surface area contributed by atoms with Crippen LogP contribution in [0.3, 0.4) is 0 Å². The van der Waals surface area contributed by atoms with Gasteiger partial charge in [-0.3, -0.25) is 5.32 Å². The lowest BCUT2D eigenvalue weighted by molar-refractivity contribution is -0.166. The first-order valence-electron chi connectivity index (χ1n) is 6.64. The van der Waals surface area contributed by atoms with Crippen LogP contribution in [0.1, 0.15) is 25.3 Å². The predicted molar refractivity (Wildman–Crippen MR) is 76.7 cm³/mol. The summed E-state index contributed by atoms with van der Waals surface area (Å²) in [5, 5.41) is 2.61. The first-order valence-corrected chi connectivity index (χ1v) is 7.43. The minimum absolute atomic E-state index is 0.126. The zero-order valence-corrected chi connectivity index (χ0v) is 13.4. The van der Waals surface area contributed by atoms with Gasteiger partial charge in [-0.25, -0.2) is 0 Å². The zero-order chi connectivity index (χ0) is 15.7. The van der Waals surface area contributed by atoms with E-state index in [-0.39, 0.29) is 19.4 Å². The van der Waals surface area contributed by atoms with Crippen LogP contribution in [-0.2, 0) is 6.54 Å². The Labute approximate surface area is 129 Å². The van der Waals surface area contributed by atoms with E-state index in [1.165, 1.54) is 7.11 Å². The first kappa shape index (κ1) is 16.4. The molecule has 0 unspecified atom stereocenters. The van der Waals surface area contributed by atoms with Crippen LogP contribution in [-0.4, -0.2) is 25.4 Å². The molecule has 0 atom stereocenters. The number of ether oxygens (including phenoxy) is 2. The highest BCUT2D eigenvalue weighted by molar-refractivity contribution is 9.10. The summed E-state index contributed by atoms with van der Waals surface area (Å²) in [5.41, 5.74) is -1.01. The van der Waals surface area contributed by atoms with Gasteiger partial charge in [0, 0.05) is 6.54 Å². The molecule has 1 fully saturated rings. The van der Waals surface area contributed by atoms with Crippen LogP contribution in [0.25, 0.3) is 0 Å². The molecule has 2 rings (SSSR count). The van der Waals surface area contributed by atoms with Crippen molar-refractivity contribution in [2.75, 3.05) is 13.7 Å². The maximum Gasteiger partial charge on any atom is 0.406 e. The second-order valence-corrected chi connectivity index (χ2v) is 5.83. The number of rotatable bonds is 6. The summed E-state index contributed by atoms with van der Waals surface area (Å²) in [6.45, 7) is 2.45. The number of benzene rings is 1. The molecular weight excluding hydrogens is 351 g/mol. The van der Waals surface area contributed by atoms with Crippen molar-refractivity contribution >= 4 is 15.9 Å². The average molecular weight is 368 g/mol. The van der Waals surface area contributed by atoms with Gasteiger partial charge in [-0.2, -0.15) is 13.2 Å². The van der Waals surface area contributed by atoms with Crippen LogP contribution in [0.2, 0.25) is 0 Å². The maximum absolute atomic E-state index is 12.9. The van der Waals surface area contributed by atoms with Gasteiger partial charge >= 0.3 is 6.18 Å². The van der Waals surface area contributed by atoms with Crippen LogP contribution in [0.15, 0.2) is 16.6 Å². The molecule has 0 bridgehead atoms. The standard InChI is InChI=1S/C14H17BrF3NO2/c1-3-21-12-10(15)6-9(7-11(12)20-2)8-19-13(4-5-13)14(16,17)18/h6-7,19H,3-5,8H2,1-2H3. The highest BCUT2D eigenvalue weighted by atomic mass is 79.9. The van der Waals surface area contributed by atoms with E-state index in [4.69, 9.17) is 9.47 Å². The molecule has 7 heteroatoms. The largest absolute Gasteiger partial charge is 0.493 e. The lowest BCUT2D eigenvalue weighted by Gasteiger charge is -2.21. The fourth-order valence-electron chi connectivity index (χ4n) is 2.12. The minimum atomic E-state index is -4.21. The molecule has 1 aromatic carbocycles. The fraction of sp³-hybridized carbons (Fsp3) is 0.571. The predicted octanol–water partition coefficient (Wildman–Crippen LogP) is 4.04. The van der Waals surface area contributed by atoms with Gasteiger partial charge in [0.25, 0.3) is 0 Å². The van der Waals surface area contributed by atoms with Crippen molar-refractivity contribution in [3.8, 4) is 11.5 Å². The minimum Gasteiger partial charge on any atom is -0.493 e. The van der Waals surface area contributed by atoms with E-state index in [0.29, 0.717) is 28.1 Å². The number of methoxy groups -OCH3 is 1. The van der Waals surface area contributed by atoms with E-state index in [2.05, 4.69) is 21.2 Å². The molecule has 0 aliphatic heterocycles. The molecule has 0 aromatic heterocycles. The van der Waals surface area contributed by atoms with Gasteiger partial charge in [0.05, 0.1) is 18.2 Å². The molecule has 0 radical (unpaired) electrons. The molecule has 3 nitrogen and oxygen atoms in total. The summed E-state index contributed by atoms with van der Waals surface area (Å²) in [6.07, 6.45) is -3.95. The van der Waals surface area contributed by atoms with Crippen LogP contribution in [0.5, 0.6) is 11.5 Å². The molecule has 21 heavy (non-hydrogen) atoms. The molecule has 1 aliphatic rings. The Hall–Kier alpha value is -0.950. The Morgan fingerprint density at radius 2 is 2.00 bits per heavy atom. The van der Waals surface area contributed by atoms with Crippen molar-refractivity contribution < 1.29 is 22.6 Å². The molecule has 1 aromatic rings. The van der Waals surface area contributed by atoms with E-state index >= 15 is 0 Å². The Kier molecular flexibility index (Phi) is 4.72. The van der Waals surface area contributed by atoms with Crippen LogP contribution in [0, 0.1) is 0 Å². The zero-order valence-electron chi connectivity index (χ0n) is 11.8. The highest BCUT2D eigenvalue weighted by Crippen LogP contribution is 2.49. The summed E-state index contributed by atoms with van der Waals surface area (Å²) in [6, 6.07) is 3.43. The lowest BCUT2D eigenvalue weighted by atomic mass is 10.1. The SMILES string of the molecule is CCOc1c(Br)cc(CNC2(C(F)(F)F)CC2)cc1OC. The second-order valence-electron chi connectivity index (χ2n) is 4.98. The van der Waals surface area contributed by atoms with Gasteiger partial charge in [-0.1, -0.05) is 0 Å². The number of halogens is 4. The molecule has 1 aliphatic carbocycles. The third kappa shape index (κ3) is 3.45.